The van der Waals surface area contributed by atoms with Crippen molar-refractivity contribution in [1.82, 2.24) is 5.32 Å². The van der Waals surface area contributed by atoms with Crippen molar-refractivity contribution in [3.63, 3.8) is 0 Å². The Morgan fingerprint density at radius 3 is 2.52 bits per heavy atom. The van der Waals surface area contributed by atoms with Gasteiger partial charge in [0.25, 0.3) is 5.91 Å². The number of nitrogens with zero attached hydrogens (tertiary/aromatic N) is 1. The summed E-state index contributed by atoms with van der Waals surface area (Å²) in [6, 6.07) is 6.94. The summed E-state index contributed by atoms with van der Waals surface area (Å²) in [5.41, 5.74) is 1.15. The van der Waals surface area contributed by atoms with E-state index in [0.717, 1.165) is 24.9 Å². The topological polar surface area (TPSA) is 75.7 Å². The number of hydrogen-bond acceptors (Lipinski definition) is 4. The molecule has 0 spiro atoms. The second kappa shape index (κ2) is 6.40. The molecule has 1 aromatic carbocycles. The van der Waals surface area contributed by atoms with E-state index < -0.39 is 12.1 Å². The first-order chi connectivity index (χ1) is 11.0. The molecule has 2 fully saturated rings. The van der Waals surface area contributed by atoms with Crippen molar-refractivity contribution < 1.29 is 19.1 Å². The summed E-state index contributed by atoms with van der Waals surface area (Å²) in [6.45, 7) is 2.27. The van der Waals surface area contributed by atoms with Gasteiger partial charge >= 0.3 is 5.97 Å². The molecule has 1 aliphatic heterocycles. The van der Waals surface area contributed by atoms with Gasteiger partial charge in [0, 0.05) is 24.7 Å². The largest absolute Gasteiger partial charge is 0.449 e. The van der Waals surface area contributed by atoms with Crippen molar-refractivity contribution in [2.24, 2.45) is 0 Å². The molecule has 0 bridgehead atoms. The van der Waals surface area contributed by atoms with Crippen molar-refractivity contribution in [3.8, 4) is 0 Å². The summed E-state index contributed by atoms with van der Waals surface area (Å²) < 4.78 is 5.18. The Balaban J connectivity index is 1.58. The van der Waals surface area contributed by atoms with E-state index in [1.54, 1.807) is 36.1 Å². The van der Waals surface area contributed by atoms with Gasteiger partial charge in [-0.1, -0.05) is 0 Å². The third-order valence-electron chi connectivity index (χ3n) is 4.06. The van der Waals surface area contributed by atoms with Crippen LogP contribution in [0.25, 0.3) is 0 Å². The number of amides is 2. The Bertz CT molecular complexity index is 622. The normalized spacial score (nSPS) is 18.7. The fourth-order valence-corrected chi connectivity index (χ4v) is 2.53. The van der Waals surface area contributed by atoms with Crippen LogP contribution in [0.1, 0.15) is 43.0 Å². The average Bonchev–Trinajstić information content (AvgIpc) is 3.25. The van der Waals surface area contributed by atoms with Gasteiger partial charge in [-0.3, -0.25) is 9.59 Å². The summed E-state index contributed by atoms with van der Waals surface area (Å²) >= 11 is 0. The number of esters is 1. The highest BCUT2D eigenvalue weighted by Gasteiger charge is 2.27. The molecule has 0 radical (unpaired) electrons. The van der Waals surface area contributed by atoms with E-state index in [2.05, 4.69) is 5.32 Å². The number of benzene rings is 1. The number of hydrogen-bond donors (Lipinski definition) is 1. The Morgan fingerprint density at radius 1 is 1.26 bits per heavy atom. The minimum Gasteiger partial charge on any atom is -0.449 e. The predicted octanol–water partition coefficient (Wildman–Crippen LogP) is 1.64. The zero-order valence-electron chi connectivity index (χ0n) is 13.1. The Hall–Kier alpha value is -2.37. The zero-order chi connectivity index (χ0) is 16.4. The lowest BCUT2D eigenvalue weighted by Gasteiger charge is -2.16. The molecule has 0 unspecified atom stereocenters. The van der Waals surface area contributed by atoms with Gasteiger partial charge in [-0.25, -0.2) is 4.79 Å². The molecular formula is C17H20N2O4. The molecule has 122 valence electrons. The average molecular weight is 316 g/mol. The van der Waals surface area contributed by atoms with Crippen LogP contribution in [0.2, 0.25) is 0 Å². The number of anilines is 1. The first kappa shape index (κ1) is 15.5. The van der Waals surface area contributed by atoms with Crippen LogP contribution in [0.3, 0.4) is 0 Å². The molecule has 23 heavy (non-hydrogen) atoms. The lowest BCUT2D eigenvalue weighted by molar-refractivity contribution is -0.129. The summed E-state index contributed by atoms with van der Waals surface area (Å²) in [4.78, 5) is 37.3. The van der Waals surface area contributed by atoms with Crippen LogP contribution in [-0.4, -0.2) is 36.5 Å². The van der Waals surface area contributed by atoms with Crippen molar-refractivity contribution in [2.75, 3.05) is 11.4 Å². The molecule has 3 rings (SSSR count). The number of carbonyl (C=O) groups excluding carboxylic acids is 3. The molecule has 6 heteroatoms. The summed E-state index contributed by atoms with van der Waals surface area (Å²) in [6.07, 6.45) is 2.59. The van der Waals surface area contributed by atoms with E-state index in [-0.39, 0.29) is 17.9 Å². The van der Waals surface area contributed by atoms with E-state index in [4.69, 9.17) is 4.74 Å². The van der Waals surface area contributed by atoms with Crippen LogP contribution in [0.4, 0.5) is 5.69 Å². The van der Waals surface area contributed by atoms with E-state index in [0.29, 0.717) is 18.5 Å². The first-order valence-electron chi connectivity index (χ1n) is 7.96. The highest BCUT2D eigenvalue weighted by molar-refractivity contribution is 5.96. The van der Waals surface area contributed by atoms with Crippen LogP contribution in [0.5, 0.6) is 0 Å². The van der Waals surface area contributed by atoms with E-state index in [9.17, 15) is 14.4 Å². The molecule has 6 nitrogen and oxygen atoms in total. The van der Waals surface area contributed by atoms with Crippen molar-refractivity contribution >= 4 is 23.5 Å². The first-order valence-corrected chi connectivity index (χ1v) is 7.96. The second-order valence-electron chi connectivity index (χ2n) is 6.03. The van der Waals surface area contributed by atoms with Gasteiger partial charge in [0.15, 0.2) is 6.10 Å². The maximum Gasteiger partial charge on any atom is 0.338 e. The number of carbonyl (C=O) groups is 3. The van der Waals surface area contributed by atoms with Gasteiger partial charge < -0.3 is 15.0 Å². The molecule has 1 aliphatic carbocycles. The summed E-state index contributed by atoms with van der Waals surface area (Å²) in [5, 5.41) is 2.80. The van der Waals surface area contributed by atoms with Gasteiger partial charge in [-0.15, -0.1) is 0 Å². The van der Waals surface area contributed by atoms with Crippen molar-refractivity contribution in [1.29, 1.82) is 0 Å². The fourth-order valence-electron chi connectivity index (χ4n) is 2.53. The highest BCUT2D eigenvalue weighted by Crippen LogP contribution is 2.22. The molecule has 2 amide bonds. The van der Waals surface area contributed by atoms with E-state index in [1.165, 1.54) is 0 Å². The molecule has 1 heterocycles. The number of rotatable bonds is 5. The third-order valence-corrected chi connectivity index (χ3v) is 4.06. The van der Waals surface area contributed by atoms with Gasteiger partial charge in [-0.2, -0.15) is 0 Å². The Morgan fingerprint density at radius 2 is 1.96 bits per heavy atom. The molecule has 0 aromatic heterocycles. The van der Waals surface area contributed by atoms with E-state index >= 15 is 0 Å². The van der Waals surface area contributed by atoms with Crippen LogP contribution in [-0.2, 0) is 14.3 Å². The Kier molecular flexibility index (Phi) is 4.32. The van der Waals surface area contributed by atoms with Crippen LogP contribution in [0, 0.1) is 0 Å². The molecule has 1 atom stereocenters. The maximum atomic E-state index is 12.1. The fraction of sp³-hybridized carbons (Fsp3) is 0.471. The molecule has 1 N–H and O–H groups in total. The van der Waals surface area contributed by atoms with Gasteiger partial charge in [0.05, 0.1) is 5.56 Å². The number of ether oxygens (including phenoxy) is 1. The quantitative estimate of drug-likeness (QED) is 0.838. The second-order valence-corrected chi connectivity index (χ2v) is 6.03. The molecule has 1 saturated heterocycles. The minimum atomic E-state index is -0.817. The van der Waals surface area contributed by atoms with Gasteiger partial charge in [-0.05, 0) is 50.5 Å². The molecule has 2 aliphatic rings. The van der Waals surface area contributed by atoms with Crippen LogP contribution >= 0.6 is 0 Å². The van der Waals surface area contributed by atoms with Gasteiger partial charge in [0.2, 0.25) is 5.91 Å². The molecular weight excluding hydrogens is 296 g/mol. The van der Waals surface area contributed by atoms with Gasteiger partial charge in [0.1, 0.15) is 0 Å². The molecule has 1 saturated carbocycles. The highest BCUT2D eigenvalue weighted by atomic mass is 16.5. The van der Waals surface area contributed by atoms with Crippen molar-refractivity contribution in [2.45, 2.75) is 44.8 Å². The smallest absolute Gasteiger partial charge is 0.338 e. The summed E-state index contributed by atoms with van der Waals surface area (Å²) in [7, 11) is 0. The predicted molar refractivity (Wildman–Crippen MR) is 84.1 cm³/mol. The van der Waals surface area contributed by atoms with Crippen LogP contribution in [0.15, 0.2) is 24.3 Å². The lowest BCUT2D eigenvalue weighted by atomic mass is 10.2. The zero-order valence-corrected chi connectivity index (χ0v) is 13.1. The molecule has 1 aromatic rings. The standard InChI is InChI=1S/C17H20N2O4/c1-11(16(21)18-13-6-7-13)23-17(22)12-4-8-14(9-5-12)19-10-2-3-15(19)20/h4-5,8-9,11,13H,2-3,6-7,10H2,1H3,(H,18,21)/t11-/m1/s1. The summed E-state index contributed by atoms with van der Waals surface area (Å²) in [5.74, 6) is -0.700. The minimum absolute atomic E-state index is 0.102. The third kappa shape index (κ3) is 3.70. The van der Waals surface area contributed by atoms with Crippen molar-refractivity contribution in [3.05, 3.63) is 29.8 Å². The Labute approximate surface area is 134 Å². The maximum absolute atomic E-state index is 12.1. The monoisotopic (exact) mass is 316 g/mol. The number of nitrogens with one attached hydrogen (secondary N) is 1. The van der Waals surface area contributed by atoms with E-state index in [1.807, 2.05) is 0 Å². The van der Waals surface area contributed by atoms with Crippen LogP contribution < -0.4 is 10.2 Å². The lowest BCUT2D eigenvalue weighted by Crippen LogP contribution is -2.37. The SMILES string of the molecule is C[C@@H](OC(=O)c1ccc(N2CCCC2=O)cc1)C(=O)NC1CC1.